The van der Waals surface area contributed by atoms with Crippen LogP contribution in [0.5, 0.6) is 0 Å². The average molecular weight is 179 g/mol. The number of aromatic nitrogens is 2. The Morgan fingerprint density at radius 1 is 1.54 bits per heavy atom. The summed E-state index contributed by atoms with van der Waals surface area (Å²) in [7, 11) is 0. The quantitative estimate of drug-likeness (QED) is 0.755. The predicted molar refractivity (Wildman–Crippen MR) is 53.2 cm³/mol. The molecule has 13 heavy (non-hydrogen) atoms. The Balaban J connectivity index is 1.97. The van der Waals surface area contributed by atoms with Gasteiger partial charge in [0.2, 0.25) is 0 Å². The molecular formula is C10H17N3. The minimum absolute atomic E-state index is 0.606. The van der Waals surface area contributed by atoms with E-state index in [0.717, 1.165) is 11.8 Å². The highest BCUT2D eigenvalue weighted by molar-refractivity contribution is 5.19. The molecule has 0 atom stereocenters. The van der Waals surface area contributed by atoms with Crippen LogP contribution >= 0.6 is 0 Å². The van der Waals surface area contributed by atoms with Gasteiger partial charge in [0.25, 0.3) is 0 Å². The molecule has 1 aromatic rings. The van der Waals surface area contributed by atoms with E-state index < -0.39 is 0 Å². The lowest BCUT2D eigenvalue weighted by Gasteiger charge is -2.39. The summed E-state index contributed by atoms with van der Waals surface area (Å²) in [4.78, 5) is 4.03. The fourth-order valence-electron chi connectivity index (χ4n) is 2.03. The van der Waals surface area contributed by atoms with Gasteiger partial charge < -0.3 is 10.3 Å². The minimum atomic E-state index is 0.606. The Hall–Kier alpha value is -0.990. The predicted octanol–water partition coefficient (Wildman–Crippen LogP) is 2.07. The third-order valence-corrected chi connectivity index (χ3v) is 3.18. The van der Waals surface area contributed by atoms with Crippen molar-refractivity contribution in [3.05, 3.63) is 12.4 Å². The first kappa shape index (κ1) is 8.60. The molecule has 0 spiro atoms. The van der Waals surface area contributed by atoms with Crippen LogP contribution in [0.3, 0.4) is 0 Å². The van der Waals surface area contributed by atoms with Crippen molar-refractivity contribution >= 4 is 5.95 Å². The Kier molecular flexibility index (Phi) is 2.02. The topological polar surface area (TPSA) is 43.8 Å². The molecule has 72 valence electrons. The van der Waals surface area contributed by atoms with Crippen LogP contribution in [0.25, 0.3) is 0 Å². The van der Waals surface area contributed by atoms with Crippen LogP contribution in [-0.4, -0.2) is 9.55 Å². The fourth-order valence-corrected chi connectivity index (χ4v) is 2.03. The highest BCUT2D eigenvalue weighted by Gasteiger charge is 2.32. The first-order valence-electron chi connectivity index (χ1n) is 4.96. The number of rotatable bonds is 2. The first-order valence-corrected chi connectivity index (χ1v) is 4.96. The molecule has 0 aromatic carbocycles. The number of hydrogen-bond acceptors (Lipinski definition) is 2. The molecule has 0 amide bonds. The van der Waals surface area contributed by atoms with Crippen molar-refractivity contribution in [1.82, 2.24) is 9.55 Å². The molecule has 0 unspecified atom stereocenters. The lowest BCUT2D eigenvalue weighted by Crippen LogP contribution is -2.30. The zero-order valence-corrected chi connectivity index (χ0v) is 8.27. The van der Waals surface area contributed by atoms with Crippen LogP contribution in [0.1, 0.15) is 32.7 Å². The Labute approximate surface area is 79.0 Å². The van der Waals surface area contributed by atoms with E-state index in [4.69, 9.17) is 5.73 Å². The summed E-state index contributed by atoms with van der Waals surface area (Å²) in [5.41, 5.74) is 5.72. The van der Waals surface area contributed by atoms with Gasteiger partial charge in [0.15, 0.2) is 5.95 Å². The Bertz CT molecular complexity index is 284. The van der Waals surface area contributed by atoms with Crippen molar-refractivity contribution in [2.75, 3.05) is 5.73 Å². The van der Waals surface area contributed by atoms with Crippen LogP contribution in [0.4, 0.5) is 5.95 Å². The molecule has 0 saturated heterocycles. The summed E-state index contributed by atoms with van der Waals surface area (Å²) in [6, 6.07) is 0.606. The van der Waals surface area contributed by atoms with Gasteiger partial charge in [-0.05, 0) is 24.7 Å². The second kappa shape index (κ2) is 3.05. The second-order valence-corrected chi connectivity index (χ2v) is 4.32. The number of imidazole rings is 1. The summed E-state index contributed by atoms with van der Waals surface area (Å²) in [5, 5.41) is 0. The van der Waals surface area contributed by atoms with Gasteiger partial charge in [0.1, 0.15) is 0 Å². The van der Waals surface area contributed by atoms with E-state index in [1.54, 1.807) is 6.20 Å². The maximum Gasteiger partial charge on any atom is 0.200 e. The SMILES string of the molecule is CC(C)C1CC(n2ccnc2N)C1. The van der Waals surface area contributed by atoms with E-state index in [1.165, 1.54) is 12.8 Å². The van der Waals surface area contributed by atoms with Gasteiger partial charge in [-0.15, -0.1) is 0 Å². The highest BCUT2D eigenvalue weighted by Crippen LogP contribution is 2.42. The summed E-state index contributed by atoms with van der Waals surface area (Å²) in [5.74, 6) is 2.35. The zero-order valence-electron chi connectivity index (χ0n) is 8.27. The molecule has 0 aliphatic heterocycles. The molecule has 1 aliphatic rings. The highest BCUT2D eigenvalue weighted by atomic mass is 15.2. The van der Waals surface area contributed by atoms with Gasteiger partial charge in [0, 0.05) is 18.4 Å². The molecule has 1 saturated carbocycles. The zero-order chi connectivity index (χ0) is 9.42. The van der Waals surface area contributed by atoms with E-state index in [1.807, 2.05) is 6.20 Å². The van der Waals surface area contributed by atoms with Crippen LogP contribution in [-0.2, 0) is 0 Å². The third kappa shape index (κ3) is 1.43. The van der Waals surface area contributed by atoms with Crippen LogP contribution in [0.2, 0.25) is 0 Å². The molecule has 1 heterocycles. The van der Waals surface area contributed by atoms with E-state index in [2.05, 4.69) is 23.4 Å². The average Bonchev–Trinajstić information content (AvgIpc) is 2.32. The Morgan fingerprint density at radius 2 is 2.23 bits per heavy atom. The number of nitrogens with two attached hydrogens (primary N) is 1. The molecule has 3 heteroatoms. The lowest BCUT2D eigenvalue weighted by molar-refractivity contribution is 0.149. The van der Waals surface area contributed by atoms with Crippen molar-refractivity contribution < 1.29 is 0 Å². The number of nitrogen functional groups attached to an aromatic ring is 1. The summed E-state index contributed by atoms with van der Waals surface area (Å²) >= 11 is 0. The molecule has 3 nitrogen and oxygen atoms in total. The van der Waals surface area contributed by atoms with Crippen LogP contribution in [0.15, 0.2) is 12.4 Å². The molecular weight excluding hydrogens is 162 g/mol. The molecule has 1 aromatic heterocycles. The van der Waals surface area contributed by atoms with Gasteiger partial charge in [0.05, 0.1) is 0 Å². The van der Waals surface area contributed by atoms with E-state index >= 15 is 0 Å². The summed E-state index contributed by atoms with van der Waals surface area (Å²) in [6.07, 6.45) is 6.28. The van der Waals surface area contributed by atoms with Gasteiger partial charge in [-0.25, -0.2) is 4.98 Å². The summed E-state index contributed by atoms with van der Waals surface area (Å²) < 4.78 is 2.10. The maximum atomic E-state index is 5.72. The van der Waals surface area contributed by atoms with Gasteiger partial charge >= 0.3 is 0 Å². The van der Waals surface area contributed by atoms with Crippen LogP contribution in [0, 0.1) is 11.8 Å². The molecule has 2 N–H and O–H groups in total. The molecule has 2 rings (SSSR count). The van der Waals surface area contributed by atoms with Gasteiger partial charge in [-0.3, -0.25) is 0 Å². The smallest absolute Gasteiger partial charge is 0.200 e. The Morgan fingerprint density at radius 3 is 2.69 bits per heavy atom. The first-order chi connectivity index (χ1) is 6.18. The monoisotopic (exact) mass is 179 g/mol. The summed E-state index contributed by atoms with van der Waals surface area (Å²) in [6.45, 7) is 4.58. The fraction of sp³-hybridized carbons (Fsp3) is 0.700. The van der Waals surface area contributed by atoms with E-state index in [0.29, 0.717) is 12.0 Å². The van der Waals surface area contributed by atoms with Crippen molar-refractivity contribution in [3.8, 4) is 0 Å². The van der Waals surface area contributed by atoms with Crippen molar-refractivity contribution in [3.63, 3.8) is 0 Å². The lowest BCUT2D eigenvalue weighted by atomic mass is 9.73. The number of nitrogens with zero attached hydrogens (tertiary/aromatic N) is 2. The second-order valence-electron chi connectivity index (χ2n) is 4.32. The minimum Gasteiger partial charge on any atom is -0.369 e. The van der Waals surface area contributed by atoms with Crippen molar-refractivity contribution in [2.45, 2.75) is 32.7 Å². The third-order valence-electron chi connectivity index (χ3n) is 3.18. The van der Waals surface area contributed by atoms with Crippen molar-refractivity contribution in [2.24, 2.45) is 11.8 Å². The number of anilines is 1. The molecule has 0 radical (unpaired) electrons. The maximum absolute atomic E-state index is 5.72. The molecule has 0 bridgehead atoms. The molecule has 1 aliphatic carbocycles. The molecule has 1 fully saturated rings. The number of hydrogen-bond donors (Lipinski definition) is 1. The van der Waals surface area contributed by atoms with Gasteiger partial charge in [-0.1, -0.05) is 13.8 Å². The standard InChI is InChI=1S/C10H17N3/c1-7(2)8-5-9(6-8)13-4-3-12-10(13)11/h3-4,7-9H,5-6H2,1-2H3,(H2,11,12). The van der Waals surface area contributed by atoms with Gasteiger partial charge in [-0.2, -0.15) is 0 Å². The van der Waals surface area contributed by atoms with Crippen LogP contribution < -0.4 is 5.73 Å². The van der Waals surface area contributed by atoms with E-state index in [-0.39, 0.29) is 0 Å². The normalized spacial score (nSPS) is 27.6. The van der Waals surface area contributed by atoms with Crippen molar-refractivity contribution in [1.29, 1.82) is 0 Å². The largest absolute Gasteiger partial charge is 0.369 e. The van der Waals surface area contributed by atoms with E-state index in [9.17, 15) is 0 Å².